The van der Waals surface area contributed by atoms with Crippen LogP contribution in [-0.4, -0.2) is 36.1 Å². The number of rotatable bonds is 4. The highest BCUT2D eigenvalue weighted by atomic mass is 16.2. The van der Waals surface area contributed by atoms with Crippen LogP contribution in [0.3, 0.4) is 0 Å². The quantitative estimate of drug-likeness (QED) is 0.571. The highest BCUT2D eigenvalue weighted by Gasteiger charge is 2.23. The lowest BCUT2D eigenvalue weighted by atomic mass is 10.1. The van der Waals surface area contributed by atoms with E-state index >= 15 is 0 Å². The fourth-order valence-corrected chi connectivity index (χ4v) is 4.12. The zero-order valence-corrected chi connectivity index (χ0v) is 17.0. The fraction of sp³-hybridized carbons (Fsp3) is 0.304. The Morgan fingerprint density at radius 1 is 1.13 bits per heavy atom. The van der Waals surface area contributed by atoms with Crippen LogP contribution in [0, 0.1) is 6.92 Å². The Kier molecular flexibility index (Phi) is 4.78. The van der Waals surface area contributed by atoms with Gasteiger partial charge in [-0.1, -0.05) is 36.4 Å². The molecule has 0 spiro atoms. The fourth-order valence-electron chi connectivity index (χ4n) is 4.12. The van der Waals surface area contributed by atoms with Crippen LogP contribution in [0.2, 0.25) is 0 Å². The summed E-state index contributed by atoms with van der Waals surface area (Å²) in [5, 5.41) is 12.0. The molecule has 1 unspecified atom stereocenters. The predicted octanol–water partition coefficient (Wildman–Crippen LogP) is 2.96. The van der Waals surface area contributed by atoms with Gasteiger partial charge in [0.2, 0.25) is 0 Å². The third kappa shape index (κ3) is 3.58. The van der Waals surface area contributed by atoms with Gasteiger partial charge in [-0.2, -0.15) is 0 Å². The molecular formula is C23H24N6O. The molecule has 0 radical (unpaired) electrons. The molecule has 30 heavy (non-hydrogen) atoms. The summed E-state index contributed by atoms with van der Waals surface area (Å²) in [5.41, 5.74) is 3.55. The first-order valence-electron chi connectivity index (χ1n) is 10.4. The first-order chi connectivity index (χ1) is 14.7. The summed E-state index contributed by atoms with van der Waals surface area (Å²) in [5.74, 6) is 1.87. The Hall–Kier alpha value is -3.48. The lowest BCUT2D eigenvalue weighted by Crippen LogP contribution is -2.35. The van der Waals surface area contributed by atoms with Crippen molar-refractivity contribution >= 4 is 11.6 Å². The molecule has 1 aliphatic rings. The minimum atomic E-state index is -0.120. The standard InChI is InChI=1S/C23H24N6O/c1-16-6-5-12-28-15-19(25-22(16)28)23(30)24-18-9-10-20-26-27-21(29(20)13-11-18)14-17-7-3-2-4-8-17/h2-8,12,15,18H,9-11,13-14H2,1H3,(H,24,30). The topological polar surface area (TPSA) is 77.1 Å². The van der Waals surface area contributed by atoms with Gasteiger partial charge in [0.1, 0.15) is 23.0 Å². The normalized spacial score (nSPS) is 16.2. The zero-order valence-electron chi connectivity index (χ0n) is 17.0. The number of nitrogens with one attached hydrogen (secondary N) is 1. The zero-order chi connectivity index (χ0) is 20.5. The molecule has 4 heterocycles. The lowest BCUT2D eigenvalue weighted by Gasteiger charge is -2.15. The molecular weight excluding hydrogens is 376 g/mol. The number of hydrogen-bond acceptors (Lipinski definition) is 4. The van der Waals surface area contributed by atoms with Crippen LogP contribution in [0.4, 0.5) is 0 Å². The Morgan fingerprint density at radius 2 is 2.00 bits per heavy atom. The minimum Gasteiger partial charge on any atom is -0.348 e. The molecule has 0 aliphatic carbocycles. The van der Waals surface area contributed by atoms with Crippen molar-refractivity contribution in [3.05, 3.63) is 83.3 Å². The molecule has 7 heteroatoms. The van der Waals surface area contributed by atoms with E-state index in [1.54, 1.807) is 6.20 Å². The largest absolute Gasteiger partial charge is 0.348 e. The average Bonchev–Trinajstić information content (AvgIpc) is 3.30. The summed E-state index contributed by atoms with van der Waals surface area (Å²) in [4.78, 5) is 17.3. The maximum absolute atomic E-state index is 12.8. The highest BCUT2D eigenvalue weighted by Crippen LogP contribution is 2.18. The van der Waals surface area contributed by atoms with E-state index in [2.05, 4.69) is 37.2 Å². The first kappa shape index (κ1) is 18.5. The molecule has 4 aromatic rings. The van der Waals surface area contributed by atoms with Gasteiger partial charge in [0.25, 0.3) is 5.91 Å². The molecule has 1 N–H and O–H groups in total. The van der Waals surface area contributed by atoms with Gasteiger partial charge in [-0.3, -0.25) is 4.79 Å². The van der Waals surface area contributed by atoms with Gasteiger partial charge < -0.3 is 14.3 Å². The molecule has 1 atom stereocenters. The Morgan fingerprint density at radius 3 is 2.83 bits per heavy atom. The van der Waals surface area contributed by atoms with Crippen LogP contribution in [0.5, 0.6) is 0 Å². The van der Waals surface area contributed by atoms with Crippen LogP contribution in [0.1, 0.15) is 46.1 Å². The van der Waals surface area contributed by atoms with Crippen LogP contribution < -0.4 is 5.32 Å². The number of benzene rings is 1. The second-order valence-electron chi connectivity index (χ2n) is 7.89. The average molecular weight is 400 g/mol. The summed E-state index contributed by atoms with van der Waals surface area (Å²) in [6, 6.07) is 14.4. The van der Waals surface area contributed by atoms with Crippen molar-refractivity contribution in [3.8, 4) is 0 Å². The minimum absolute atomic E-state index is 0.0923. The Bertz CT molecular complexity index is 1190. The smallest absolute Gasteiger partial charge is 0.271 e. The number of nitrogens with zero attached hydrogens (tertiary/aromatic N) is 5. The van der Waals surface area contributed by atoms with E-state index in [0.717, 1.165) is 55.1 Å². The summed E-state index contributed by atoms with van der Waals surface area (Å²) < 4.78 is 4.11. The predicted molar refractivity (Wildman–Crippen MR) is 113 cm³/mol. The maximum Gasteiger partial charge on any atom is 0.271 e. The van der Waals surface area contributed by atoms with E-state index < -0.39 is 0 Å². The molecule has 3 aromatic heterocycles. The molecule has 0 saturated carbocycles. The summed E-state index contributed by atoms with van der Waals surface area (Å²) >= 11 is 0. The summed E-state index contributed by atoms with van der Waals surface area (Å²) in [7, 11) is 0. The van der Waals surface area contributed by atoms with Gasteiger partial charge in [0, 0.05) is 37.8 Å². The molecule has 0 fully saturated rings. The molecule has 152 valence electrons. The molecule has 5 rings (SSSR count). The number of carbonyl (C=O) groups excluding carboxylic acids is 1. The van der Waals surface area contributed by atoms with Gasteiger partial charge >= 0.3 is 0 Å². The van der Waals surface area contributed by atoms with Crippen molar-refractivity contribution in [1.82, 2.24) is 29.5 Å². The van der Waals surface area contributed by atoms with Crippen LogP contribution in [0.15, 0.2) is 54.9 Å². The number of pyridine rings is 1. The van der Waals surface area contributed by atoms with E-state index in [9.17, 15) is 4.79 Å². The van der Waals surface area contributed by atoms with Gasteiger partial charge in [0.05, 0.1) is 0 Å². The van der Waals surface area contributed by atoms with Crippen molar-refractivity contribution < 1.29 is 4.79 Å². The number of fused-ring (bicyclic) bond motifs is 2. The summed E-state index contributed by atoms with van der Waals surface area (Å²) in [6.45, 7) is 2.80. The second-order valence-corrected chi connectivity index (χ2v) is 7.89. The van der Waals surface area contributed by atoms with E-state index in [1.165, 1.54) is 5.56 Å². The number of aryl methyl sites for hydroxylation is 2. The monoisotopic (exact) mass is 400 g/mol. The number of carbonyl (C=O) groups is 1. The van der Waals surface area contributed by atoms with E-state index in [1.807, 2.05) is 47.9 Å². The van der Waals surface area contributed by atoms with Crippen LogP contribution >= 0.6 is 0 Å². The molecule has 1 aromatic carbocycles. The van der Waals surface area contributed by atoms with Crippen LogP contribution in [-0.2, 0) is 19.4 Å². The highest BCUT2D eigenvalue weighted by molar-refractivity contribution is 5.93. The molecule has 1 aliphatic heterocycles. The van der Waals surface area contributed by atoms with Crippen molar-refractivity contribution in [1.29, 1.82) is 0 Å². The summed E-state index contributed by atoms with van der Waals surface area (Å²) in [6.07, 6.45) is 6.98. The maximum atomic E-state index is 12.8. The molecule has 0 saturated heterocycles. The van der Waals surface area contributed by atoms with Crippen molar-refractivity contribution in [2.75, 3.05) is 0 Å². The molecule has 0 bridgehead atoms. The van der Waals surface area contributed by atoms with Gasteiger partial charge in [0.15, 0.2) is 0 Å². The third-order valence-electron chi connectivity index (χ3n) is 5.77. The van der Waals surface area contributed by atoms with Crippen molar-refractivity contribution in [2.45, 2.75) is 45.2 Å². The van der Waals surface area contributed by atoms with Gasteiger partial charge in [-0.25, -0.2) is 4.98 Å². The number of amides is 1. The SMILES string of the molecule is Cc1cccn2cc(C(=O)NC3CCc4nnc(Cc5ccccc5)n4CC3)nc12. The molecule has 7 nitrogen and oxygen atoms in total. The third-order valence-corrected chi connectivity index (χ3v) is 5.77. The van der Waals surface area contributed by atoms with E-state index in [0.29, 0.717) is 5.69 Å². The molecule has 1 amide bonds. The second kappa shape index (κ2) is 7.74. The van der Waals surface area contributed by atoms with Crippen molar-refractivity contribution in [2.24, 2.45) is 0 Å². The number of hydrogen-bond donors (Lipinski definition) is 1. The van der Waals surface area contributed by atoms with Crippen molar-refractivity contribution in [3.63, 3.8) is 0 Å². The van der Waals surface area contributed by atoms with E-state index in [4.69, 9.17) is 0 Å². The van der Waals surface area contributed by atoms with E-state index in [-0.39, 0.29) is 11.9 Å². The van der Waals surface area contributed by atoms with Gasteiger partial charge in [-0.15, -0.1) is 10.2 Å². The first-order valence-corrected chi connectivity index (χ1v) is 10.4. The lowest BCUT2D eigenvalue weighted by molar-refractivity contribution is 0.0928. The Labute approximate surface area is 174 Å². The number of imidazole rings is 1. The Balaban J connectivity index is 1.27. The van der Waals surface area contributed by atoms with Crippen LogP contribution in [0.25, 0.3) is 5.65 Å². The number of aromatic nitrogens is 5. The van der Waals surface area contributed by atoms with Gasteiger partial charge in [-0.05, 0) is 37.0 Å².